The van der Waals surface area contributed by atoms with Gasteiger partial charge in [0, 0.05) is 16.1 Å². The van der Waals surface area contributed by atoms with Gasteiger partial charge in [-0.25, -0.2) is 12.7 Å². The molecule has 0 saturated carbocycles. The van der Waals surface area contributed by atoms with Crippen molar-refractivity contribution in [3.05, 3.63) is 128 Å². The zero-order valence-electron chi connectivity index (χ0n) is 18.0. The molecule has 1 aliphatic rings. The maximum absolute atomic E-state index is 14.1. The number of pyridine rings is 1. The number of fused-ring (bicyclic) bond motifs is 1. The molecule has 0 spiro atoms. The molecule has 0 radical (unpaired) electrons. The van der Waals surface area contributed by atoms with Gasteiger partial charge in [-0.3, -0.25) is 9.36 Å². The van der Waals surface area contributed by atoms with Gasteiger partial charge < -0.3 is 0 Å². The summed E-state index contributed by atoms with van der Waals surface area (Å²) in [7, 11) is -4.19. The molecule has 35 heavy (non-hydrogen) atoms. The topological polar surface area (TPSA) is 83.2 Å². The van der Waals surface area contributed by atoms with Crippen molar-refractivity contribution in [2.45, 2.75) is 17.0 Å². The quantitative estimate of drug-likeness (QED) is 0.351. The van der Waals surface area contributed by atoms with Crippen LogP contribution in [0, 0.1) is 11.3 Å². The third kappa shape index (κ3) is 4.00. The van der Waals surface area contributed by atoms with E-state index in [-0.39, 0.29) is 21.8 Å². The highest BCUT2D eigenvalue weighted by Gasteiger charge is 2.47. The first-order valence-corrected chi connectivity index (χ1v) is 12.8. The van der Waals surface area contributed by atoms with Gasteiger partial charge in [-0.2, -0.15) is 5.26 Å². The average Bonchev–Trinajstić information content (AvgIpc) is 3.22. The lowest BCUT2D eigenvalue weighted by molar-refractivity contribution is 0.529. The molecule has 2 atom stereocenters. The van der Waals surface area contributed by atoms with Gasteiger partial charge in [0.15, 0.2) is 0 Å². The van der Waals surface area contributed by atoms with Crippen LogP contribution in [0.1, 0.15) is 28.8 Å². The molecular formula is C26H17Cl2N3O3S. The van der Waals surface area contributed by atoms with E-state index in [0.717, 1.165) is 0 Å². The van der Waals surface area contributed by atoms with Gasteiger partial charge >= 0.3 is 0 Å². The number of nitrogens with zero attached hydrogens (tertiary/aromatic N) is 3. The number of anilines is 1. The molecule has 0 aliphatic carbocycles. The molecule has 6 nitrogen and oxygen atoms in total. The predicted octanol–water partition coefficient (Wildman–Crippen LogP) is 5.57. The number of hydrogen-bond acceptors (Lipinski definition) is 4. The number of hydrogen-bond donors (Lipinski definition) is 0. The molecule has 0 saturated heterocycles. The highest BCUT2D eigenvalue weighted by Crippen LogP contribution is 2.49. The summed E-state index contributed by atoms with van der Waals surface area (Å²) in [5, 5.41) is 10.4. The van der Waals surface area contributed by atoms with Crippen molar-refractivity contribution in [2.24, 2.45) is 0 Å². The van der Waals surface area contributed by atoms with Gasteiger partial charge in [-0.15, -0.1) is 0 Å². The monoisotopic (exact) mass is 521 g/mol. The second-order valence-corrected chi connectivity index (χ2v) is 10.7. The van der Waals surface area contributed by atoms with Gasteiger partial charge in [0.1, 0.15) is 5.82 Å². The van der Waals surface area contributed by atoms with E-state index in [1.54, 1.807) is 54.6 Å². The van der Waals surface area contributed by atoms with E-state index < -0.39 is 22.1 Å². The normalized spacial score (nSPS) is 17.1. The molecule has 0 fully saturated rings. The Morgan fingerprint density at radius 3 is 1.94 bits per heavy atom. The number of sulfonamides is 1. The highest BCUT2D eigenvalue weighted by atomic mass is 35.5. The summed E-state index contributed by atoms with van der Waals surface area (Å²) in [6.45, 7) is 0. The van der Waals surface area contributed by atoms with Crippen molar-refractivity contribution in [1.82, 2.24) is 4.57 Å². The molecular weight excluding hydrogens is 505 g/mol. The SMILES string of the molecule is N#Cc1cccc(S(=O)(=O)N2c3cccc(=O)n3[C@@H](c3ccc(Cl)cc3)[C@H]2c2ccc(Cl)cc2)c1. The summed E-state index contributed by atoms with van der Waals surface area (Å²) in [6, 6.07) is 24.7. The van der Waals surface area contributed by atoms with Crippen LogP contribution in [0.4, 0.5) is 5.82 Å². The minimum atomic E-state index is -4.19. The fourth-order valence-corrected chi connectivity index (χ4v) is 6.38. The van der Waals surface area contributed by atoms with E-state index in [0.29, 0.717) is 21.2 Å². The third-order valence-corrected chi connectivity index (χ3v) is 8.25. The van der Waals surface area contributed by atoms with Crippen LogP contribution in [0.5, 0.6) is 0 Å². The molecule has 1 aliphatic heterocycles. The van der Waals surface area contributed by atoms with Gasteiger partial charge in [0.2, 0.25) is 0 Å². The standard InChI is InChI=1S/C26H17Cl2N3O3S/c27-20-11-7-18(8-12-20)25-26(19-9-13-21(28)14-10-19)31(23-5-2-6-24(32)30(23)25)35(33,34)22-4-1-3-17(15-22)16-29/h1-15,25-26H/t25-,26+/m0/s1. The van der Waals surface area contributed by atoms with Gasteiger partial charge in [0.25, 0.3) is 15.6 Å². The summed E-state index contributed by atoms with van der Waals surface area (Å²) in [4.78, 5) is 13.1. The maximum Gasteiger partial charge on any atom is 0.266 e. The molecule has 0 amide bonds. The maximum atomic E-state index is 14.1. The molecule has 174 valence electrons. The molecule has 2 heterocycles. The van der Waals surface area contributed by atoms with E-state index in [4.69, 9.17) is 23.2 Å². The van der Waals surface area contributed by atoms with Crippen molar-refractivity contribution in [3.8, 4) is 6.07 Å². The zero-order valence-corrected chi connectivity index (χ0v) is 20.4. The number of halogens is 2. The van der Waals surface area contributed by atoms with E-state index >= 15 is 0 Å². The molecule has 0 unspecified atom stereocenters. The summed E-state index contributed by atoms with van der Waals surface area (Å²) < 4.78 is 31.0. The van der Waals surface area contributed by atoms with Crippen molar-refractivity contribution in [3.63, 3.8) is 0 Å². The molecule has 0 bridgehead atoms. The lowest BCUT2D eigenvalue weighted by Gasteiger charge is -2.29. The van der Waals surface area contributed by atoms with Crippen LogP contribution in [0.25, 0.3) is 0 Å². The minimum Gasteiger partial charge on any atom is -0.284 e. The first-order chi connectivity index (χ1) is 16.8. The second kappa shape index (κ2) is 8.90. The fraction of sp³-hybridized carbons (Fsp3) is 0.0769. The summed E-state index contributed by atoms with van der Waals surface area (Å²) in [5.74, 6) is 0.222. The number of nitriles is 1. The van der Waals surface area contributed by atoms with Crippen molar-refractivity contribution < 1.29 is 8.42 Å². The van der Waals surface area contributed by atoms with Crippen LogP contribution >= 0.6 is 23.2 Å². The third-order valence-electron chi connectivity index (χ3n) is 5.97. The molecule has 0 N–H and O–H groups in total. The van der Waals surface area contributed by atoms with Crippen LogP contribution < -0.4 is 9.86 Å². The van der Waals surface area contributed by atoms with E-state index in [2.05, 4.69) is 0 Å². The highest BCUT2D eigenvalue weighted by molar-refractivity contribution is 7.92. The second-order valence-electron chi connectivity index (χ2n) is 8.03. The molecule has 1 aromatic heterocycles. The Balaban J connectivity index is 1.81. The fourth-order valence-electron chi connectivity index (χ4n) is 4.44. The largest absolute Gasteiger partial charge is 0.284 e. The van der Waals surface area contributed by atoms with E-state index in [1.165, 1.54) is 45.3 Å². The molecule has 5 rings (SSSR count). The van der Waals surface area contributed by atoms with Crippen LogP contribution in [0.2, 0.25) is 10.0 Å². The Hall–Kier alpha value is -3.57. The Labute approximate surface area is 212 Å². The summed E-state index contributed by atoms with van der Waals surface area (Å²) in [6.07, 6.45) is 0. The Bertz CT molecular complexity index is 1630. The van der Waals surface area contributed by atoms with Gasteiger partial charge in [-0.05, 0) is 59.7 Å². The lowest BCUT2D eigenvalue weighted by atomic mass is 9.94. The number of benzene rings is 3. The van der Waals surface area contributed by atoms with Crippen LogP contribution in [0.3, 0.4) is 0 Å². The van der Waals surface area contributed by atoms with E-state index in [1.807, 2.05) is 6.07 Å². The van der Waals surface area contributed by atoms with Crippen LogP contribution in [0.15, 0.2) is 101 Å². The summed E-state index contributed by atoms with van der Waals surface area (Å²) in [5.41, 5.74) is 1.24. The molecule has 9 heteroatoms. The van der Waals surface area contributed by atoms with Crippen molar-refractivity contribution in [2.75, 3.05) is 4.31 Å². The lowest BCUT2D eigenvalue weighted by Crippen LogP contribution is -2.33. The minimum absolute atomic E-state index is 0.0462. The van der Waals surface area contributed by atoms with Crippen LogP contribution in [-0.2, 0) is 10.0 Å². The van der Waals surface area contributed by atoms with Crippen LogP contribution in [-0.4, -0.2) is 13.0 Å². The van der Waals surface area contributed by atoms with Crippen molar-refractivity contribution >= 4 is 39.0 Å². The average molecular weight is 522 g/mol. The first kappa shape index (κ1) is 23.2. The predicted molar refractivity (Wildman–Crippen MR) is 135 cm³/mol. The van der Waals surface area contributed by atoms with Crippen molar-refractivity contribution in [1.29, 1.82) is 5.26 Å². The number of aromatic nitrogens is 1. The smallest absolute Gasteiger partial charge is 0.266 e. The Morgan fingerprint density at radius 2 is 1.34 bits per heavy atom. The molecule has 4 aromatic rings. The Kier molecular flexibility index (Phi) is 5.89. The number of rotatable bonds is 4. The van der Waals surface area contributed by atoms with Gasteiger partial charge in [0.05, 0.1) is 28.6 Å². The zero-order chi connectivity index (χ0) is 24.7. The first-order valence-electron chi connectivity index (χ1n) is 10.6. The molecule has 3 aromatic carbocycles. The summed E-state index contributed by atoms with van der Waals surface area (Å²) >= 11 is 12.2. The Morgan fingerprint density at radius 1 is 0.771 bits per heavy atom. The van der Waals surface area contributed by atoms with Gasteiger partial charge in [-0.1, -0.05) is 59.6 Å². The van der Waals surface area contributed by atoms with E-state index in [9.17, 15) is 18.5 Å².